The molecule has 2 N–H and O–H groups in total. The van der Waals surface area contributed by atoms with Gasteiger partial charge in [-0.2, -0.15) is 0 Å². The van der Waals surface area contributed by atoms with Crippen LogP contribution in [0.1, 0.15) is 22.3 Å². The summed E-state index contributed by atoms with van der Waals surface area (Å²) >= 11 is 0. The molecule has 1 aromatic carbocycles. The van der Waals surface area contributed by atoms with Gasteiger partial charge < -0.3 is 15.4 Å². The molecular formula is C15H24N2O. The van der Waals surface area contributed by atoms with E-state index in [9.17, 15) is 0 Å². The Kier molecular flexibility index (Phi) is 4.25. The molecule has 3 nitrogen and oxygen atoms in total. The third-order valence-electron chi connectivity index (χ3n) is 4.03. The molecule has 0 spiro atoms. The predicted molar refractivity (Wildman–Crippen MR) is 75.3 cm³/mol. The van der Waals surface area contributed by atoms with Gasteiger partial charge in [-0.1, -0.05) is 0 Å². The first-order valence-electron chi connectivity index (χ1n) is 6.68. The molecule has 3 heteroatoms. The summed E-state index contributed by atoms with van der Waals surface area (Å²) in [5, 5.41) is 6.87. The molecule has 1 aliphatic heterocycles. The summed E-state index contributed by atoms with van der Waals surface area (Å²) in [6.07, 6.45) is 0. The quantitative estimate of drug-likeness (QED) is 0.835. The van der Waals surface area contributed by atoms with Crippen molar-refractivity contribution in [1.29, 1.82) is 0 Å². The SMILES string of the molecule is COc1cc(C)c(CNCC2CNC2)c(C)c1C. The molecule has 0 aliphatic carbocycles. The van der Waals surface area contributed by atoms with Gasteiger partial charge in [0.25, 0.3) is 0 Å². The topological polar surface area (TPSA) is 33.3 Å². The molecule has 1 aliphatic rings. The standard InChI is InChI=1S/C15H24N2O/c1-10-5-15(18-4)12(3)11(2)14(10)9-17-8-13-6-16-7-13/h5,13,16-17H,6-9H2,1-4H3. The Labute approximate surface area is 110 Å². The Morgan fingerprint density at radius 2 is 2.00 bits per heavy atom. The molecule has 0 atom stereocenters. The largest absolute Gasteiger partial charge is 0.496 e. The lowest BCUT2D eigenvalue weighted by atomic mass is 9.97. The average molecular weight is 248 g/mol. The lowest BCUT2D eigenvalue weighted by Crippen LogP contribution is -2.47. The van der Waals surface area contributed by atoms with E-state index >= 15 is 0 Å². The second kappa shape index (κ2) is 5.72. The van der Waals surface area contributed by atoms with Crippen LogP contribution in [-0.4, -0.2) is 26.7 Å². The smallest absolute Gasteiger partial charge is 0.122 e. The van der Waals surface area contributed by atoms with Crippen LogP contribution >= 0.6 is 0 Å². The molecule has 1 fully saturated rings. The Morgan fingerprint density at radius 1 is 1.28 bits per heavy atom. The number of aryl methyl sites for hydroxylation is 1. The number of hydrogen-bond donors (Lipinski definition) is 2. The van der Waals surface area contributed by atoms with Gasteiger partial charge >= 0.3 is 0 Å². The number of nitrogens with one attached hydrogen (secondary N) is 2. The molecule has 0 aromatic heterocycles. The normalized spacial score (nSPS) is 15.6. The lowest BCUT2D eigenvalue weighted by molar-refractivity contribution is 0.331. The third-order valence-corrected chi connectivity index (χ3v) is 4.03. The maximum atomic E-state index is 5.40. The van der Waals surface area contributed by atoms with E-state index in [4.69, 9.17) is 4.74 Å². The molecule has 0 saturated carbocycles. The molecule has 100 valence electrons. The Hall–Kier alpha value is -1.06. The first-order chi connectivity index (χ1) is 8.63. The Bertz CT molecular complexity index is 425. The highest BCUT2D eigenvalue weighted by Gasteiger charge is 2.16. The predicted octanol–water partition coefficient (Wildman–Crippen LogP) is 1.93. The van der Waals surface area contributed by atoms with Crippen LogP contribution in [-0.2, 0) is 6.54 Å². The van der Waals surface area contributed by atoms with E-state index < -0.39 is 0 Å². The summed E-state index contributed by atoms with van der Waals surface area (Å²) in [4.78, 5) is 0. The van der Waals surface area contributed by atoms with Gasteiger partial charge in [-0.05, 0) is 55.0 Å². The Morgan fingerprint density at radius 3 is 2.56 bits per heavy atom. The fraction of sp³-hybridized carbons (Fsp3) is 0.600. The van der Waals surface area contributed by atoms with Gasteiger partial charge in [0.2, 0.25) is 0 Å². The van der Waals surface area contributed by atoms with Crippen molar-refractivity contribution in [2.24, 2.45) is 5.92 Å². The third kappa shape index (κ3) is 2.68. The van der Waals surface area contributed by atoms with Crippen molar-refractivity contribution >= 4 is 0 Å². The van der Waals surface area contributed by atoms with Gasteiger partial charge in [0, 0.05) is 26.2 Å². The minimum absolute atomic E-state index is 0.810. The monoisotopic (exact) mass is 248 g/mol. The fourth-order valence-corrected chi connectivity index (χ4v) is 2.48. The number of hydrogen-bond acceptors (Lipinski definition) is 3. The fourth-order valence-electron chi connectivity index (χ4n) is 2.48. The maximum absolute atomic E-state index is 5.40. The maximum Gasteiger partial charge on any atom is 0.122 e. The van der Waals surface area contributed by atoms with Crippen molar-refractivity contribution in [3.8, 4) is 5.75 Å². The van der Waals surface area contributed by atoms with Crippen molar-refractivity contribution in [3.63, 3.8) is 0 Å². The first kappa shape index (κ1) is 13.4. The minimum atomic E-state index is 0.810. The van der Waals surface area contributed by atoms with Gasteiger partial charge in [-0.3, -0.25) is 0 Å². The second-order valence-corrected chi connectivity index (χ2v) is 5.28. The molecule has 2 rings (SSSR count). The van der Waals surface area contributed by atoms with Crippen molar-refractivity contribution in [1.82, 2.24) is 10.6 Å². The van der Waals surface area contributed by atoms with E-state index in [2.05, 4.69) is 37.5 Å². The second-order valence-electron chi connectivity index (χ2n) is 5.28. The van der Waals surface area contributed by atoms with Gasteiger partial charge in [-0.25, -0.2) is 0 Å². The first-order valence-corrected chi connectivity index (χ1v) is 6.68. The van der Waals surface area contributed by atoms with Crippen molar-refractivity contribution in [2.45, 2.75) is 27.3 Å². The van der Waals surface area contributed by atoms with Crippen molar-refractivity contribution in [3.05, 3.63) is 28.3 Å². The van der Waals surface area contributed by atoms with E-state index in [0.717, 1.165) is 37.8 Å². The highest BCUT2D eigenvalue weighted by Crippen LogP contribution is 2.27. The van der Waals surface area contributed by atoms with Crippen molar-refractivity contribution in [2.75, 3.05) is 26.7 Å². The zero-order chi connectivity index (χ0) is 13.1. The molecule has 0 unspecified atom stereocenters. The van der Waals surface area contributed by atoms with Crippen LogP contribution in [0.3, 0.4) is 0 Å². The summed E-state index contributed by atoms with van der Waals surface area (Å²) in [7, 11) is 1.74. The summed E-state index contributed by atoms with van der Waals surface area (Å²) in [6.45, 7) is 10.9. The zero-order valence-electron chi connectivity index (χ0n) is 11.9. The number of ether oxygens (including phenoxy) is 1. The van der Waals surface area contributed by atoms with Gasteiger partial charge in [0.05, 0.1) is 7.11 Å². The van der Waals surface area contributed by atoms with Crippen LogP contribution in [0.15, 0.2) is 6.07 Å². The molecular weight excluding hydrogens is 224 g/mol. The highest BCUT2D eigenvalue weighted by atomic mass is 16.5. The summed E-state index contributed by atoms with van der Waals surface area (Å²) < 4.78 is 5.40. The van der Waals surface area contributed by atoms with Crippen LogP contribution in [0.5, 0.6) is 5.75 Å². The van der Waals surface area contributed by atoms with Gasteiger partial charge in [0.1, 0.15) is 5.75 Å². The van der Waals surface area contributed by atoms with E-state index in [0.29, 0.717) is 0 Å². The minimum Gasteiger partial charge on any atom is -0.496 e. The highest BCUT2D eigenvalue weighted by molar-refractivity contribution is 5.48. The van der Waals surface area contributed by atoms with Gasteiger partial charge in [0.15, 0.2) is 0 Å². The van der Waals surface area contributed by atoms with Crippen LogP contribution in [0.4, 0.5) is 0 Å². The van der Waals surface area contributed by atoms with Gasteiger partial charge in [-0.15, -0.1) is 0 Å². The molecule has 0 bridgehead atoms. The molecule has 1 aromatic rings. The van der Waals surface area contributed by atoms with E-state index in [1.807, 2.05) is 0 Å². The molecule has 1 heterocycles. The number of benzene rings is 1. The summed E-state index contributed by atoms with van der Waals surface area (Å²) in [5.74, 6) is 1.81. The Balaban J connectivity index is 2.04. The van der Waals surface area contributed by atoms with Crippen LogP contribution < -0.4 is 15.4 Å². The van der Waals surface area contributed by atoms with Crippen LogP contribution in [0.2, 0.25) is 0 Å². The molecule has 1 saturated heterocycles. The van der Waals surface area contributed by atoms with E-state index in [1.54, 1.807) is 7.11 Å². The van der Waals surface area contributed by atoms with Crippen molar-refractivity contribution < 1.29 is 4.74 Å². The van der Waals surface area contributed by atoms with E-state index in [-0.39, 0.29) is 0 Å². The lowest BCUT2D eigenvalue weighted by Gasteiger charge is -2.27. The number of rotatable bonds is 5. The number of methoxy groups -OCH3 is 1. The molecule has 18 heavy (non-hydrogen) atoms. The van der Waals surface area contributed by atoms with Crippen LogP contribution in [0, 0.1) is 26.7 Å². The van der Waals surface area contributed by atoms with E-state index in [1.165, 1.54) is 22.3 Å². The molecule has 0 amide bonds. The van der Waals surface area contributed by atoms with Crippen LogP contribution in [0.25, 0.3) is 0 Å². The summed E-state index contributed by atoms with van der Waals surface area (Å²) in [6, 6.07) is 2.14. The summed E-state index contributed by atoms with van der Waals surface area (Å²) in [5.41, 5.74) is 5.34. The molecule has 0 radical (unpaired) electrons. The zero-order valence-corrected chi connectivity index (χ0v) is 11.9. The average Bonchev–Trinajstić information content (AvgIpc) is 2.30.